The average molecular weight is 320 g/mol. The lowest BCUT2D eigenvalue weighted by molar-refractivity contribution is -0.114. The molecule has 1 amide bonds. The monoisotopic (exact) mass is 319 g/mol. The number of amides is 1. The van der Waals surface area contributed by atoms with Crippen molar-refractivity contribution in [3.05, 3.63) is 29.3 Å². The van der Waals surface area contributed by atoms with E-state index in [0.29, 0.717) is 6.07 Å². The minimum absolute atomic E-state index is 0.137. The molecule has 0 saturated carbocycles. The first-order valence-corrected chi connectivity index (χ1v) is 6.17. The van der Waals surface area contributed by atoms with Crippen molar-refractivity contribution < 1.29 is 23.5 Å². The van der Waals surface area contributed by atoms with Gasteiger partial charge in [-0.2, -0.15) is 0 Å². The van der Waals surface area contributed by atoms with Gasteiger partial charge in [0.25, 0.3) is 11.7 Å². The SMILES string of the molecule is O=C1C(=O)N(CC(O)CBr)c2cc(F)cc(F)c21. The van der Waals surface area contributed by atoms with E-state index in [0.717, 1.165) is 11.0 Å². The van der Waals surface area contributed by atoms with Crippen LogP contribution in [0.2, 0.25) is 0 Å². The minimum Gasteiger partial charge on any atom is -0.390 e. The van der Waals surface area contributed by atoms with E-state index in [1.165, 1.54) is 0 Å². The molecule has 1 N–H and O–H groups in total. The van der Waals surface area contributed by atoms with Crippen LogP contribution in [0.5, 0.6) is 0 Å². The third kappa shape index (κ3) is 2.04. The number of rotatable bonds is 3. The molecule has 1 aromatic rings. The number of fused-ring (bicyclic) bond motifs is 1. The van der Waals surface area contributed by atoms with Crippen LogP contribution in [0.3, 0.4) is 0 Å². The van der Waals surface area contributed by atoms with Crippen LogP contribution in [0.4, 0.5) is 14.5 Å². The van der Waals surface area contributed by atoms with Crippen LogP contribution in [0.15, 0.2) is 12.1 Å². The molecule has 1 aromatic carbocycles. The number of aliphatic hydroxyl groups is 1. The number of benzene rings is 1. The molecular formula is C11H8BrF2NO3. The maximum Gasteiger partial charge on any atom is 0.299 e. The van der Waals surface area contributed by atoms with Gasteiger partial charge in [-0.3, -0.25) is 9.59 Å². The Kier molecular flexibility index (Phi) is 3.45. The predicted molar refractivity (Wildman–Crippen MR) is 62.8 cm³/mol. The predicted octanol–water partition coefficient (Wildman–Crippen LogP) is 1.25. The second-order valence-corrected chi connectivity index (χ2v) is 4.48. The molecule has 0 aromatic heterocycles. The topological polar surface area (TPSA) is 57.6 Å². The number of ketones is 1. The first-order chi connectivity index (χ1) is 8.45. The normalized spacial score (nSPS) is 16.1. The summed E-state index contributed by atoms with van der Waals surface area (Å²) in [6.45, 7) is -0.203. The Hall–Kier alpha value is -1.34. The summed E-state index contributed by atoms with van der Waals surface area (Å²) in [5.41, 5.74) is -0.578. The number of hydrogen-bond donors (Lipinski definition) is 1. The average Bonchev–Trinajstić information content (AvgIpc) is 2.54. The van der Waals surface area contributed by atoms with Crippen molar-refractivity contribution in [1.82, 2.24) is 0 Å². The Morgan fingerprint density at radius 3 is 2.61 bits per heavy atom. The number of hydrogen-bond acceptors (Lipinski definition) is 3. The maximum atomic E-state index is 13.5. The van der Waals surface area contributed by atoms with Gasteiger partial charge in [0.05, 0.1) is 23.9 Å². The summed E-state index contributed by atoms with van der Waals surface area (Å²) in [4.78, 5) is 24.1. The van der Waals surface area contributed by atoms with Crippen molar-refractivity contribution in [2.45, 2.75) is 6.10 Å². The van der Waals surface area contributed by atoms with Crippen LogP contribution >= 0.6 is 15.9 Å². The van der Waals surface area contributed by atoms with Gasteiger partial charge in [0.15, 0.2) is 0 Å². The Bertz CT molecular complexity index is 535. The van der Waals surface area contributed by atoms with Gasteiger partial charge < -0.3 is 10.0 Å². The fourth-order valence-corrected chi connectivity index (χ4v) is 1.98. The summed E-state index contributed by atoms with van der Waals surface area (Å²) in [6.07, 6.45) is -0.931. The van der Waals surface area contributed by atoms with Crippen LogP contribution in [0.25, 0.3) is 0 Å². The number of carbonyl (C=O) groups excluding carboxylic acids is 2. The van der Waals surface area contributed by atoms with Crippen molar-refractivity contribution in [3.63, 3.8) is 0 Å². The summed E-state index contributed by atoms with van der Waals surface area (Å²) >= 11 is 3.00. The molecule has 2 rings (SSSR count). The van der Waals surface area contributed by atoms with Crippen LogP contribution < -0.4 is 4.90 Å². The molecule has 1 atom stereocenters. The zero-order chi connectivity index (χ0) is 13.4. The molecule has 0 bridgehead atoms. The third-order valence-corrected chi connectivity index (χ3v) is 3.31. The molecule has 0 fully saturated rings. The number of alkyl halides is 1. The lowest BCUT2D eigenvalue weighted by atomic mass is 10.1. The van der Waals surface area contributed by atoms with Gasteiger partial charge in [0, 0.05) is 11.4 Å². The van der Waals surface area contributed by atoms with E-state index in [1.54, 1.807) is 0 Å². The summed E-state index contributed by atoms with van der Waals surface area (Å²) in [6, 6.07) is 1.45. The Morgan fingerprint density at radius 2 is 2.00 bits per heavy atom. The molecule has 0 saturated heterocycles. The molecule has 1 heterocycles. The number of carbonyl (C=O) groups is 2. The van der Waals surface area contributed by atoms with Crippen molar-refractivity contribution in [2.24, 2.45) is 0 Å². The molecule has 0 radical (unpaired) electrons. The maximum absolute atomic E-state index is 13.5. The van der Waals surface area contributed by atoms with Gasteiger partial charge >= 0.3 is 0 Å². The van der Waals surface area contributed by atoms with Crippen LogP contribution in [0, 0.1) is 11.6 Å². The number of nitrogens with zero attached hydrogens (tertiary/aromatic N) is 1. The van der Waals surface area contributed by atoms with Gasteiger partial charge in [-0.1, -0.05) is 15.9 Å². The van der Waals surface area contributed by atoms with Gasteiger partial charge in [0.1, 0.15) is 11.6 Å². The summed E-state index contributed by atoms with van der Waals surface area (Å²) in [5.74, 6) is -3.94. The largest absolute Gasteiger partial charge is 0.390 e. The van der Waals surface area contributed by atoms with Crippen LogP contribution in [-0.4, -0.2) is 34.8 Å². The third-order valence-electron chi connectivity index (χ3n) is 2.56. The van der Waals surface area contributed by atoms with Gasteiger partial charge in [0.2, 0.25) is 0 Å². The highest BCUT2D eigenvalue weighted by atomic mass is 79.9. The Morgan fingerprint density at radius 1 is 1.33 bits per heavy atom. The standard InChI is InChI=1S/C11H8BrF2NO3/c12-3-6(16)4-15-8-2-5(13)1-7(14)9(8)10(17)11(15)18/h1-2,6,16H,3-4H2. The highest BCUT2D eigenvalue weighted by Gasteiger charge is 2.39. The van der Waals surface area contributed by atoms with Gasteiger partial charge in [-0.25, -0.2) is 8.78 Å². The molecule has 1 aliphatic rings. The van der Waals surface area contributed by atoms with Crippen molar-refractivity contribution >= 4 is 33.3 Å². The number of β-amino-alcohol motifs (C(OH)–C–C–N with tert-alkyl or cyclic N) is 1. The molecule has 1 aliphatic heterocycles. The highest BCUT2D eigenvalue weighted by Crippen LogP contribution is 2.32. The quantitative estimate of drug-likeness (QED) is 0.674. The number of halogens is 3. The van der Waals surface area contributed by atoms with E-state index in [-0.39, 0.29) is 17.6 Å². The molecule has 7 heteroatoms. The summed E-state index contributed by atoms with van der Waals surface area (Å²) in [5, 5.41) is 9.63. The van der Waals surface area contributed by atoms with Crippen molar-refractivity contribution in [3.8, 4) is 0 Å². The smallest absolute Gasteiger partial charge is 0.299 e. The lowest BCUT2D eigenvalue weighted by Crippen LogP contribution is -2.37. The van der Waals surface area contributed by atoms with Crippen LogP contribution in [0.1, 0.15) is 10.4 Å². The first-order valence-electron chi connectivity index (χ1n) is 5.05. The fourth-order valence-electron chi connectivity index (χ4n) is 1.78. The van der Waals surface area contributed by atoms with Crippen LogP contribution in [-0.2, 0) is 4.79 Å². The molecule has 0 aliphatic carbocycles. The molecule has 0 spiro atoms. The minimum atomic E-state index is -1.07. The Balaban J connectivity index is 2.48. The van der Waals surface area contributed by atoms with E-state index in [4.69, 9.17) is 0 Å². The summed E-state index contributed by atoms with van der Waals surface area (Å²) in [7, 11) is 0. The molecule has 18 heavy (non-hydrogen) atoms. The molecule has 4 nitrogen and oxygen atoms in total. The Labute approximate surface area is 109 Å². The van der Waals surface area contributed by atoms with E-state index < -0.39 is 35.0 Å². The van der Waals surface area contributed by atoms with E-state index in [9.17, 15) is 23.5 Å². The second-order valence-electron chi connectivity index (χ2n) is 3.83. The van der Waals surface area contributed by atoms with Gasteiger partial charge in [-0.15, -0.1) is 0 Å². The number of aliphatic hydroxyl groups excluding tert-OH is 1. The number of anilines is 1. The molecule has 96 valence electrons. The van der Waals surface area contributed by atoms with Gasteiger partial charge in [-0.05, 0) is 6.07 Å². The first kappa shape index (κ1) is 13.1. The lowest BCUT2D eigenvalue weighted by Gasteiger charge is -2.19. The fraction of sp³-hybridized carbons (Fsp3) is 0.273. The molecule has 1 unspecified atom stereocenters. The van der Waals surface area contributed by atoms with E-state index in [2.05, 4.69) is 15.9 Å². The van der Waals surface area contributed by atoms with E-state index in [1.807, 2.05) is 0 Å². The second kappa shape index (κ2) is 4.74. The number of Topliss-reactive ketones (excluding diaryl/α,β-unsaturated/α-hetero) is 1. The zero-order valence-corrected chi connectivity index (χ0v) is 10.6. The highest BCUT2D eigenvalue weighted by molar-refractivity contribution is 9.09. The van der Waals surface area contributed by atoms with Crippen molar-refractivity contribution in [2.75, 3.05) is 16.8 Å². The molecular weight excluding hydrogens is 312 g/mol. The van der Waals surface area contributed by atoms with Crippen molar-refractivity contribution in [1.29, 1.82) is 0 Å². The summed E-state index contributed by atoms with van der Waals surface area (Å²) < 4.78 is 26.6. The van der Waals surface area contributed by atoms with E-state index >= 15 is 0 Å². The zero-order valence-electron chi connectivity index (χ0n) is 8.99.